The van der Waals surface area contributed by atoms with Crippen LogP contribution in [0.3, 0.4) is 0 Å². The summed E-state index contributed by atoms with van der Waals surface area (Å²) in [5.74, 6) is 0. The van der Waals surface area contributed by atoms with Gasteiger partial charge in [-0.15, -0.1) is 0 Å². The van der Waals surface area contributed by atoms with Crippen molar-refractivity contribution in [3.63, 3.8) is 0 Å². The Morgan fingerprint density at radius 1 is 1.54 bits per heavy atom. The summed E-state index contributed by atoms with van der Waals surface area (Å²) in [6, 6.07) is 2.12. The van der Waals surface area contributed by atoms with Crippen LogP contribution in [0.25, 0.3) is 0 Å². The Morgan fingerprint density at radius 2 is 2.15 bits per heavy atom. The van der Waals surface area contributed by atoms with E-state index in [1.54, 1.807) is 0 Å². The monoisotopic (exact) mass is 181 g/mol. The average Bonchev–Trinajstić information content (AvgIpc) is 2.24. The quantitative estimate of drug-likeness (QED) is 0.766. The lowest BCUT2D eigenvalue weighted by Crippen LogP contribution is -2.32. The molecule has 0 aliphatic rings. The number of hydrogen-bond donors (Lipinski definition) is 1. The van der Waals surface area contributed by atoms with Gasteiger partial charge in [-0.3, -0.25) is 4.68 Å². The van der Waals surface area contributed by atoms with Gasteiger partial charge in [0.2, 0.25) is 0 Å². The molecule has 0 aliphatic heterocycles. The van der Waals surface area contributed by atoms with Gasteiger partial charge in [0.15, 0.2) is 0 Å². The summed E-state index contributed by atoms with van der Waals surface area (Å²) in [6.07, 6.45) is 1.99. The first kappa shape index (κ1) is 10.3. The van der Waals surface area contributed by atoms with Crippen LogP contribution >= 0.6 is 0 Å². The molecular formula is C10H19N3. The number of nitrogens with two attached hydrogens (primary N) is 1. The van der Waals surface area contributed by atoms with E-state index in [9.17, 15) is 0 Å². The smallest absolute Gasteiger partial charge is 0.0596 e. The highest BCUT2D eigenvalue weighted by molar-refractivity contribution is 5.09. The molecule has 74 valence electrons. The summed E-state index contributed by atoms with van der Waals surface area (Å²) < 4.78 is 1.93. The van der Waals surface area contributed by atoms with Gasteiger partial charge in [0, 0.05) is 18.3 Å². The molecule has 0 fully saturated rings. The largest absolute Gasteiger partial charge is 0.326 e. The van der Waals surface area contributed by atoms with E-state index in [1.165, 1.54) is 5.69 Å². The Balaban J connectivity index is 2.59. The number of aromatic nitrogens is 2. The van der Waals surface area contributed by atoms with Crippen molar-refractivity contribution in [2.75, 3.05) is 0 Å². The van der Waals surface area contributed by atoms with Gasteiger partial charge < -0.3 is 5.73 Å². The fraction of sp³-hybridized carbons (Fsp3) is 0.700. The van der Waals surface area contributed by atoms with E-state index >= 15 is 0 Å². The second-order valence-electron chi connectivity index (χ2n) is 4.39. The fourth-order valence-electron chi connectivity index (χ4n) is 1.35. The predicted octanol–water partition coefficient (Wildman–Crippen LogP) is 1.40. The summed E-state index contributed by atoms with van der Waals surface area (Å²) in [4.78, 5) is 0. The highest BCUT2D eigenvalue weighted by Gasteiger charge is 2.12. The molecule has 1 aromatic rings. The molecule has 3 nitrogen and oxygen atoms in total. The maximum atomic E-state index is 5.91. The molecule has 3 heteroatoms. The third kappa shape index (κ3) is 3.19. The Labute approximate surface area is 79.9 Å². The van der Waals surface area contributed by atoms with Crippen molar-refractivity contribution in [1.29, 1.82) is 0 Å². The molecule has 0 unspecified atom stereocenters. The van der Waals surface area contributed by atoms with Gasteiger partial charge in [-0.2, -0.15) is 5.10 Å². The SMILES string of the molecule is Cc1cc(CCC(C)(C)N)n(C)n1. The summed E-state index contributed by atoms with van der Waals surface area (Å²) in [6.45, 7) is 6.11. The normalized spacial score (nSPS) is 12.1. The van der Waals surface area contributed by atoms with Crippen molar-refractivity contribution < 1.29 is 0 Å². The molecular weight excluding hydrogens is 162 g/mol. The lowest BCUT2D eigenvalue weighted by atomic mass is 9.99. The van der Waals surface area contributed by atoms with Crippen LogP contribution in [0.4, 0.5) is 0 Å². The van der Waals surface area contributed by atoms with Gasteiger partial charge in [-0.1, -0.05) is 0 Å². The molecule has 0 aliphatic carbocycles. The summed E-state index contributed by atoms with van der Waals surface area (Å²) in [7, 11) is 1.98. The van der Waals surface area contributed by atoms with Crippen molar-refractivity contribution in [3.8, 4) is 0 Å². The second kappa shape index (κ2) is 3.50. The minimum atomic E-state index is -0.0851. The zero-order chi connectivity index (χ0) is 10.1. The lowest BCUT2D eigenvalue weighted by Gasteiger charge is -2.17. The van der Waals surface area contributed by atoms with Gasteiger partial charge in [-0.25, -0.2) is 0 Å². The Bertz CT molecular complexity index is 281. The zero-order valence-corrected chi connectivity index (χ0v) is 8.96. The second-order valence-corrected chi connectivity index (χ2v) is 4.39. The molecule has 0 saturated carbocycles. The molecule has 0 radical (unpaired) electrons. The summed E-state index contributed by atoms with van der Waals surface area (Å²) in [5.41, 5.74) is 8.16. The Morgan fingerprint density at radius 3 is 2.54 bits per heavy atom. The molecule has 1 aromatic heterocycles. The van der Waals surface area contributed by atoms with Gasteiger partial charge >= 0.3 is 0 Å². The number of hydrogen-bond acceptors (Lipinski definition) is 2. The van der Waals surface area contributed by atoms with Crippen LogP contribution < -0.4 is 5.73 Å². The van der Waals surface area contributed by atoms with Gasteiger partial charge in [0.1, 0.15) is 0 Å². The summed E-state index contributed by atoms with van der Waals surface area (Å²) in [5, 5.41) is 4.29. The number of aryl methyl sites for hydroxylation is 3. The first-order valence-electron chi connectivity index (χ1n) is 4.67. The topological polar surface area (TPSA) is 43.8 Å². The van der Waals surface area contributed by atoms with Crippen molar-refractivity contribution in [2.45, 2.75) is 39.2 Å². The van der Waals surface area contributed by atoms with Crippen molar-refractivity contribution in [1.82, 2.24) is 9.78 Å². The van der Waals surface area contributed by atoms with Crippen LogP contribution in [-0.4, -0.2) is 15.3 Å². The third-order valence-electron chi connectivity index (χ3n) is 2.12. The average molecular weight is 181 g/mol. The summed E-state index contributed by atoms with van der Waals surface area (Å²) >= 11 is 0. The van der Waals surface area contributed by atoms with E-state index in [0.29, 0.717) is 0 Å². The molecule has 0 spiro atoms. The Kier molecular flexibility index (Phi) is 2.76. The first-order chi connectivity index (χ1) is 5.88. The van der Waals surface area contributed by atoms with E-state index in [1.807, 2.05) is 18.7 Å². The molecule has 1 rings (SSSR count). The van der Waals surface area contributed by atoms with Crippen LogP contribution in [0.15, 0.2) is 6.07 Å². The van der Waals surface area contributed by atoms with E-state index < -0.39 is 0 Å². The molecule has 0 amide bonds. The molecule has 0 bridgehead atoms. The Hall–Kier alpha value is -0.830. The maximum Gasteiger partial charge on any atom is 0.0596 e. The highest BCUT2D eigenvalue weighted by Crippen LogP contribution is 2.11. The third-order valence-corrected chi connectivity index (χ3v) is 2.12. The van der Waals surface area contributed by atoms with E-state index in [-0.39, 0.29) is 5.54 Å². The molecule has 2 N–H and O–H groups in total. The van der Waals surface area contributed by atoms with Gasteiger partial charge in [0.05, 0.1) is 5.69 Å². The van der Waals surface area contributed by atoms with Crippen molar-refractivity contribution >= 4 is 0 Å². The van der Waals surface area contributed by atoms with E-state index in [2.05, 4.69) is 25.0 Å². The zero-order valence-electron chi connectivity index (χ0n) is 8.96. The molecule has 0 saturated heterocycles. The van der Waals surface area contributed by atoms with Gasteiger partial charge in [-0.05, 0) is 39.7 Å². The standard InChI is InChI=1S/C10H19N3/c1-8-7-9(13(4)12-8)5-6-10(2,3)11/h7H,5-6,11H2,1-4H3. The van der Waals surface area contributed by atoms with Crippen molar-refractivity contribution in [3.05, 3.63) is 17.5 Å². The number of rotatable bonds is 3. The molecule has 0 aromatic carbocycles. The molecule has 13 heavy (non-hydrogen) atoms. The fourth-order valence-corrected chi connectivity index (χ4v) is 1.35. The molecule has 0 atom stereocenters. The predicted molar refractivity (Wildman–Crippen MR) is 54.5 cm³/mol. The maximum absolute atomic E-state index is 5.91. The van der Waals surface area contributed by atoms with Crippen LogP contribution in [-0.2, 0) is 13.5 Å². The van der Waals surface area contributed by atoms with Crippen LogP contribution in [0, 0.1) is 6.92 Å². The lowest BCUT2D eigenvalue weighted by molar-refractivity contribution is 0.468. The van der Waals surface area contributed by atoms with Crippen LogP contribution in [0.2, 0.25) is 0 Å². The van der Waals surface area contributed by atoms with Gasteiger partial charge in [0.25, 0.3) is 0 Å². The van der Waals surface area contributed by atoms with Crippen LogP contribution in [0.5, 0.6) is 0 Å². The van der Waals surface area contributed by atoms with E-state index in [0.717, 1.165) is 18.5 Å². The number of nitrogens with zero attached hydrogens (tertiary/aromatic N) is 2. The highest BCUT2D eigenvalue weighted by atomic mass is 15.3. The molecule has 1 heterocycles. The minimum absolute atomic E-state index is 0.0851. The minimum Gasteiger partial charge on any atom is -0.326 e. The van der Waals surface area contributed by atoms with Crippen LogP contribution in [0.1, 0.15) is 31.7 Å². The van der Waals surface area contributed by atoms with Crippen molar-refractivity contribution in [2.24, 2.45) is 12.8 Å². The first-order valence-corrected chi connectivity index (χ1v) is 4.67. The van der Waals surface area contributed by atoms with E-state index in [4.69, 9.17) is 5.73 Å².